The highest BCUT2D eigenvalue weighted by Gasteiger charge is 2.21. The van der Waals surface area contributed by atoms with Gasteiger partial charge in [0.25, 0.3) is 5.91 Å². The predicted octanol–water partition coefficient (Wildman–Crippen LogP) is 4.03. The number of hydrogen-bond acceptors (Lipinski definition) is 6. The van der Waals surface area contributed by atoms with E-state index in [4.69, 9.17) is 21.1 Å². The van der Waals surface area contributed by atoms with Crippen LogP contribution in [0.3, 0.4) is 0 Å². The average Bonchev–Trinajstić information content (AvgIpc) is 3.31. The fraction of sp³-hybridized carbons (Fsp3) is 0.542. The monoisotopic (exact) mass is 458 g/mol. The van der Waals surface area contributed by atoms with Gasteiger partial charge in [-0.05, 0) is 68.7 Å². The topological polar surface area (TPSA) is 76.6 Å². The molecule has 0 aliphatic carbocycles. The van der Waals surface area contributed by atoms with Crippen molar-refractivity contribution in [1.82, 2.24) is 15.3 Å². The molecule has 8 heteroatoms. The molecule has 1 aromatic heterocycles. The number of aryl methyl sites for hydroxylation is 1. The first kappa shape index (κ1) is 22.8. The Kier molecular flexibility index (Phi) is 7.81. The number of amides is 1. The van der Waals surface area contributed by atoms with E-state index in [-0.39, 0.29) is 11.9 Å². The van der Waals surface area contributed by atoms with E-state index >= 15 is 0 Å². The molecule has 3 heterocycles. The van der Waals surface area contributed by atoms with Crippen molar-refractivity contribution in [1.29, 1.82) is 0 Å². The quantitative estimate of drug-likeness (QED) is 0.602. The van der Waals surface area contributed by atoms with Crippen molar-refractivity contribution in [3.05, 3.63) is 46.7 Å². The van der Waals surface area contributed by atoms with Crippen molar-refractivity contribution < 1.29 is 14.3 Å². The molecule has 0 saturated carbocycles. The maximum absolute atomic E-state index is 12.5. The van der Waals surface area contributed by atoms with Crippen molar-refractivity contribution in [2.45, 2.75) is 45.1 Å². The summed E-state index contributed by atoms with van der Waals surface area (Å²) in [5.41, 5.74) is 1.62. The summed E-state index contributed by atoms with van der Waals surface area (Å²) in [7, 11) is 0. The molecule has 0 bridgehead atoms. The lowest BCUT2D eigenvalue weighted by Gasteiger charge is -2.31. The molecule has 1 unspecified atom stereocenters. The number of piperidine rings is 1. The third-order valence-corrected chi connectivity index (χ3v) is 6.43. The number of carbonyl (C=O) groups is 1. The molecule has 4 rings (SSSR count). The molecule has 32 heavy (non-hydrogen) atoms. The van der Waals surface area contributed by atoms with Crippen molar-refractivity contribution in [3.63, 3.8) is 0 Å². The molecule has 2 aliphatic heterocycles. The summed E-state index contributed by atoms with van der Waals surface area (Å²) in [4.78, 5) is 23.3. The van der Waals surface area contributed by atoms with Gasteiger partial charge in [-0.25, -0.2) is 9.97 Å². The third-order valence-electron chi connectivity index (χ3n) is 6.24. The molecule has 0 radical (unpaired) electrons. The first-order valence-corrected chi connectivity index (χ1v) is 11.8. The number of nitrogens with zero attached hydrogens (tertiary/aromatic N) is 3. The van der Waals surface area contributed by atoms with Gasteiger partial charge in [-0.3, -0.25) is 4.79 Å². The number of aromatic nitrogens is 2. The zero-order valence-electron chi connectivity index (χ0n) is 18.6. The first-order valence-electron chi connectivity index (χ1n) is 11.4. The van der Waals surface area contributed by atoms with Gasteiger partial charge in [0.05, 0.1) is 36.7 Å². The van der Waals surface area contributed by atoms with Crippen LogP contribution >= 0.6 is 11.6 Å². The Bertz CT molecular complexity index is 895. The van der Waals surface area contributed by atoms with E-state index in [1.54, 1.807) is 12.4 Å². The van der Waals surface area contributed by atoms with E-state index in [0.717, 1.165) is 62.5 Å². The van der Waals surface area contributed by atoms with E-state index in [9.17, 15) is 4.79 Å². The van der Waals surface area contributed by atoms with Crippen LogP contribution in [-0.4, -0.2) is 54.8 Å². The standard InChI is InChI=1S/C24H31ClN4O3/c1-17-13-21(4-5-22(17)23(30)28-20-8-12-31-16-20)32-11-2-3-18-6-9-29(10-7-18)24-26-14-19(25)15-27-24/h4-5,13-15,18,20H,2-3,6-12,16H2,1H3,(H,28,30). The lowest BCUT2D eigenvalue weighted by molar-refractivity contribution is 0.0929. The zero-order chi connectivity index (χ0) is 22.3. The highest BCUT2D eigenvalue weighted by Crippen LogP contribution is 2.25. The van der Waals surface area contributed by atoms with Crippen LogP contribution in [0.2, 0.25) is 5.02 Å². The lowest BCUT2D eigenvalue weighted by Crippen LogP contribution is -2.35. The Labute approximate surface area is 194 Å². The molecule has 1 amide bonds. The predicted molar refractivity (Wildman–Crippen MR) is 125 cm³/mol. The highest BCUT2D eigenvalue weighted by atomic mass is 35.5. The largest absolute Gasteiger partial charge is 0.494 e. The van der Waals surface area contributed by atoms with E-state index < -0.39 is 0 Å². The van der Waals surface area contributed by atoms with Gasteiger partial charge in [0.1, 0.15) is 5.75 Å². The van der Waals surface area contributed by atoms with Crippen LogP contribution in [-0.2, 0) is 4.74 Å². The molecule has 172 valence electrons. The van der Waals surface area contributed by atoms with Gasteiger partial charge >= 0.3 is 0 Å². The van der Waals surface area contributed by atoms with Gasteiger partial charge in [0, 0.05) is 25.3 Å². The second kappa shape index (κ2) is 11.0. The summed E-state index contributed by atoms with van der Waals surface area (Å²) < 4.78 is 11.3. The summed E-state index contributed by atoms with van der Waals surface area (Å²) >= 11 is 5.87. The van der Waals surface area contributed by atoms with Crippen LogP contribution < -0.4 is 15.0 Å². The fourth-order valence-electron chi connectivity index (χ4n) is 4.34. The van der Waals surface area contributed by atoms with Gasteiger partial charge in [0.2, 0.25) is 5.95 Å². The number of carbonyl (C=O) groups excluding carboxylic acids is 1. The zero-order valence-corrected chi connectivity index (χ0v) is 19.3. The van der Waals surface area contributed by atoms with Gasteiger partial charge in [-0.15, -0.1) is 0 Å². The molecule has 0 spiro atoms. The maximum atomic E-state index is 12.5. The number of benzene rings is 1. The molecule has 2 fully saturated rings. The normalized spacial score (nSPS) is 19.2. The van der Waals surface area contributed by atoms with Gasteiger partial charge < -0.3 is 19.7 Å². The molecule has 1 aromatic carbocycles. The summed E-state index contributed by atoms with van der Waals surface area (Å²) in [5.74, 6) is 2.24. The SMILES string of the molecule is Cc1cc(OCCCC2CCN(c3ncc(Cl)cn3)CC2)ccc1C(=O)NC1CCOC1. The van der Waals surface area contributed by atoms with Crippen molar-refractivity contribution in [3.8, 4) is 5.75 Å². The van der Waals surface area contributed by atoms with Gasteiger partial charge in [-0.2, -0.15) is 0 Å². The molecule has 2 saturated heterocycles. The van der Waals surface area contributed by atoms with Crippen molar-refractivity contribution in [2.75, 3.05) is 37.8 Å². The minimum absolute atomic E-state index is 0.0418. The Morgan fingerprint density at radius 2 is 2.03 bits per heavy atom. The molecule has 1 atom stereocenters. The number of hydrogen-bond donors (Lipinski definition) is 1. The highest BCUT2D eigenvalue weighted by molar-refractivity contribution is 6.30. The Hall–Kier alpha value is -2.38. The molecule has 1 N–H and O–H groups in total. The van der Waals surface area contributed by atoms with Crippen molar-refractivity contribution >= 4 is 23.5 Å². The van der Waals surface area contributed by atoms with Crippen LogP contribution in [0.5, 0.6) is 5.75 Å². The number of halogens is 1. The Morgan fingerprint density at radius 1 is 1.25 bits per heavy atom. The average molecular weight is 459 g/mol. The van der Waals surface area contributed by atoms with Crippen LogP contribution in [0.4, 0.5) is 5.95 Å². The van der Waals surface area contributed by atoms with E-state index in [1.807, 2.05) is 25.1 Å². The molecular weight excluding hydrogens is 428 g/mol. The van der Waals surface area contributed by atoms with E-state index in [0.29, 0.717) is 36.3 Å². The second-order valence-electron chi connectivity index (χ2n) is 8.63. The number of rotatable bonds is 8. The molecule has 2 aromatic rings. The summed E-state index contributed by atoms with van der Waals surface area (Å²) in [6.07, 6.45) is 8.63. The first-order chi connectivity index (χ1) is 15.6. The molecular formula is C24H31ClN4O3. The summed E-state index contributed by atoms with van der Waals surface area (Å²) in [6, 6.07) is 5.80. The summed E-state index contributed by atoms with van der Waals surface area (Å²) in [5, 5.41) is 3.60. The minimum Gasteiger partial charge on any atom is -0.494 e. The van der Waals surface area contributed by atoms with Crippen LogP contribution in [0.15, 0.2) is 30.6 Å². The minimum atomic E-state index is -0.0418. The van der Waals surface area contributed by atoms with Crippen LogP contribution in [0, 0.1) is 12.8 Å². The number of anilines is 1. The Morgan fingerprint density at radius 3 is 2.72 bits per heavy atom. The number of ether oxygens (including phenoxy) is 2. The van der Waals surface area contributed by atoms with Gasteiger partial charge in [0.15, 0.2) is 0 Å². The maximum Gasteiger partial charge on any atom is 0.251 e. The third kappa shape index (κ3) is 6.11. The summed E-state index contributed by atoms with van der Waals surface area (Å²) in [6.45, 7) is 5.90. The van der Waals surface area contributed by atoms with Crippen molar-refractivity contribution in [2.24, 2.45) is 5.92 Å². The smallest absolute Gasteiger partial charge is 0.251 e. The number of nitrogens with one attached hydrogen (secondary N) is 1. The van der Waals surface area contributed by atoms with Crippen LogP contribution in [0.25, 0.3) is 0 Å². The second-order valence-corrected chi connectivity index (χ2v) is 9.07. The van der Waals surface area contributed by atoms with E-state index in [2.05, 4.69) is 20.2 Å². The van der Waals surface area contributed by atoms with Gasteiger partial charge in [-0.1, -0.05) is 11.6 Å². The fourth-order valence-corrected chi connectivity index (χ4v) is 4.44. The van der Waals surface area contributed by atoms with E-state index in [1.165, 1.54) is 0 Å². The molecule has 7 nitrogen and oxygen atoms in total. The lowest BCUT2D eigenvalue weighted by atomic mass is 9.92. The molecule has 2 aliphatic rings. The Balaban J connectivity index is 1.16. The van der Waals surface area contributed by atoms with Crippen LogP contribution in [0.1, 0.15) is 48.0 Å².